The van der Waals surface area contributed by atoms with Crippen molar-refractivity contribution in [1.29, 1.82) is 0 Å². The molecule has 16 heavy (non-hydrogen) atoms. The number of amidine groups is 1. The van der Waals surface area contributed by atoms with Crippen molar-refractivity contribution in [1.82, 2.24) is 5.32 Å². The first kappa shape index (κ1) is 12.2. The predicted octanol–water partition coefficient (Wildman–Crippen LogP) is 3.84. The van der Waals surface area contributed by atoms with Gasteiger partial charge in [0.2, 0.25) is 0 Å². The van der Waals surface area contributed by atoms with Crippen molar-refractivity contribution in [2.75, 3.05) is 0 Å². The summed E-state index contributed by atoms with van der Waals surface area (Å²) in [5.74, 6) is 0. The molecular weight excluding hydrogens is 220 g/mol. The first-order valence-corrected chi connectivity index (χ1v) is 7.22. The van der Waals surface area contributed by atoms with Crippen LogP contribution in [-0.4, -0.2) is 17.4 Å². The third-order valence-electron chi connectivity index (χ3n) is 3.80. The molecule has 0 aromatic rings. The van der Waals surface area contributed by atoms with Crippen molar-refractivity contribution in [3.05, 3.63) is 0 Å². The van der Waals surface area contributed by atoms with Crippen LogP contribution in [0.15, 0.2) is 4.99 Å². The van der Waals surface area contributed by atoms with Gasteiger partial charge in [0.15, 0.2) is 5.29 Å². The summed E-state index contributed by atoms with van der Waals surface area (Å²) >= 11 is 6.19. The molecule has 0 amide bonds. The Kier molecular flexibility index (Phi) is 4.95. The summed E-state index contributed by atoms with van der Waals surface area (Å²) in [7, 11) is 0. The molecule has 0 aromatic carbocycles. The highest BCUT2D eigenvalue weighted by Gasteiger charge is 2.16. The van der Waals surface area contributed by atoms with Crippen LogP contribution in [0.3, 0.4) is 0 Å². The van der Waals surface area contributed by atoms with Gasteiger partial charge in [-0.1, -0.05) is 38.5 Å². The van der Waals surface area contributed by atoms with E-state index in [1.165, 1.54) is 64.2 Å². The molecule has 0 aliphatic heterocycles. The normalized spacial score (nSPS) is 25.7. The molecule has 2 aliphatic carbocycles. The van der Waals surface area contributed by atoms with E-state index in [4.69, 9.17) is 11.6 Å². The Hall–Kier alpha value is -0.240. The van der Waals surface area contributed by atoms with E-state index in [0.29, 0.717) is 17.4 Å². The summed E-state index contributed by atoms with van der Waals surface area (Å²) in [6.45, 7) is 0. The van der Waals surface area contributed by atoms with Crippen LogP contribution in [0.2, 0.25) is 0 Å². The van der Waals surface area contributed by atoms with Gasteiger partial charge in [0.05, 0.1) is 6.04 Å². The second-order valence-electron chi connectivity index (χ2n) is 5.19. The smallest absolute Gasteiger partial charge is 0.191 e. The van der Waals surface area contributed by atoms with Gasteiger partial charge in [-0.25, -0.2) is 0 Å². The number of hydrogen-bond donors (Lipinski definition) is 1. The van der Waals surface area contributed by atoms with Crippen LogP contribution < -0.4 is 5.32 Å². The molecule has 1 N–H and O–H groups in total. The van der Waals surface area contributed by atoms with Gasteiger partial charge in [0.25, 0.3) is 0 Å². The highest BCUT2D eigenvalue weighted by molar-refractivity contribution is 6.64. The Morgan fingerprint density at radius 3 is 2.06 bits per heavy atom. The lowest BCUT2D eigenvalue weighted by Gasteiger charge is -2.24. The van der Waals surface area contributed by atoms with E-state index in [0.717, 1.165) is 0 Å². The molecule has 92 valence electrons. The lowest BCUT2D eigenvalue weighted by Crippen LogP contribution is -2.34. The minimum atomic E-state index is 0.484. The van der Waals surface area contributed by atoms with Crippen LogP contribution in [0.25, 0.3) is 0 Å². The first-order valence-electron chi connectivity index (χ1n) is 6.84. The van der Waals surface area contributed by atoms with Crippen LogP contribution in [0.1, 0.15) is 64.2 Å². The summed E-state index contributed by atoms with van der Waals surface area (Å²) < 4.78 is 0. The maximum Gasteiger partial charge on any atom is 0.191 e. The molecule has 2 saturated carbocycles. The molecule has 0 atom stereocenters. The van der Waals surface area contributed by atoms with Gasteiger partial charge in [0.1, 0.15) is 0 Å². The number of nitrogens with zero attached hydrogens (tertiary/aromatic N) is 1. The number of nitrogens with one attached hydrogen (secondary N) is 1. The lowest BCUT2D eigenvalue weighted by atomic mass is 9.95. The van der Waals surface area contributed by atoms with Crippen LogP contribution in [-0.2, 0) is 0 Å². The molecule has 0 unspecified atom stereocenters. The lowest BCUT2D eigenvalue weighted by molar-refractivity contribution is 0.410. The number of halogens is 1. The quantitative estimate of drug-likeness (QED) is 0.444. The van der Waals surface area contributed by atoms with Crippen molar-refractivity contribution in [3.8, 4) is 0 Å². The second-order valence-corrected chi connectivity index (χ2v) is 5.55. The Morgan fingerprint density at radius 2 is 1.44 bits per heavy atom. The van der Waals surface area contributed by atoms with Gasteiger partial charge in [-0.05, 0) is 37.3 Å². The molecule has 0 saturated heterocycles. The van der Waals surface area contributed by atoms with Gasteiger partial charge in [-0.15, -0.1) is 0 Å². The molecule has 2 rings (SSSR count). The van der Waals surface area contributed by atoms with Crippen LogP contribution >= 0.6 is 11.6 Å². The van der Waals surface area contributed by atoms with E-state index in [1.807, 2.05) is 0 Å². The molecule has 2 nitrogen and oxygen atoms in total. The zero-order valence-electron chi connectivity index (χ0n) is 10.1. The van der Waals surface area contributed by atoms with Gasteiger partial charge in [0, 0.05) is 6.04 Å². The molecular formula is C13H23ClN2. The molecule has 0 radical (unpaired) electrons. The van der Waals surface area contributed by atoms with Crippen LogP contribution in [0, 0.1) is 0 Å². The number of rotatable bonds is 2. The minimum absolute atomic E-state index is 0.484. The van der Waals surface area contributed by atoms with Gasteiger partial charge >= 0.3 is 0 Å². The van der Waals surface area contributed by atoms with Crippen molar-refractivity contribution in [2.45, 2.75) is 76.3 Å². The molecule has 3 heteroatoms. The van der Waals surface area contributed by atoms with E-state index in [9.17, 15) is 0 Å². The number of hydrogen-bond acceptors (Lipinski definition) is 1. The van der Waals surface area contributed by atoms with E-state index >= 15 is 0 Å². The second kappa shape index (κ2) is 6.48. The molecule has 0 aromatic heterocycles. The maximum absolute atomic E-state index is 6.19. The molecule has 2 fully saturated rings. The molecule has 0 spiro atoms. The SMILES string of the molecule is ClC(=NC1CCCCC1)NC1CCCCC1. The van der Waals surface area contributed by atoms with Gasteiger partial charge < -0.3 is 5.32 Å². The Bertz CT molecular complexity index is 228. The zero-order chi connectivity index (χ0) is 11.2. The largest absolute Gasteiger partial charge is 0.358 e. The standard InChI is InChI=1S/C13H23ClN2/c14-13(15-11-7-3-1-4-8-11)16-12-9-5-2-6-10-12/h11-12H,1-10H2,(H,15,16). The highest BCUT2D eigenvalue weighted by atomic mass is 35.5. The summed E-state index contributed by atoms with van der Waals surface area (Å²) in [6, 6.07) is 1.06. The molecule has 0 heterocycles. The monoisotopic (exact) mass is 242 g/mol. The maximum atomic E-state index is 6.19. The van der Waals surface area contributed by atoms with Crippen molar-refractivity contribution < 1.29 is 0 Å². The van der Waals surface area contributed by atoms with Gasteiger partial charge in [-0.2, -0.15) is 0 Å². The van der Waals surface area contributed by atoms with E-state index < -0.39 is 0 Å². The molecule has 0 bridgehead atoms. The summed E-state index contributed by atoms with van der Waals surface area (Å²) in [5, 5.41) is 4.05. The molecule has 2 aliphatic rings. The highest BCUT2D eigenvalue weighted by Crippen LogP contribution is 2.21. The summed E-state index contributed by atoms with van der Waals surface area (Å²) in [6.07, 6.45) is 13.0. The third kappa shape index (κ3) is 3.97. The van der Waals surface area contributed by atoms with E-state index in [1.54, 1.807) is 0 Å². The predicted molar refractivity (Wildman–Crippen MR) is 70.2 cm³/mol. The van der Waals surface area contributed by atoms with Crippen LogP contribution in [0.5, 0.6) is 0 Å². The Balaban J connectivity index is 1.76. The van der Waals surface area contributed by atoms with Crippen molar-refractivity contribution >= 4 is 16.9 Å². The van der Waals surface area contributed by atoms with Crippen molar-refractivity contribution in [2.24, 2.45) is 4.99 Å². The fourth-order valence-corrected chi connectivity index (χ4v) is 3.12. The fourth-order valence-electron chi connectivity index (χ4n) is 2.82. The van der Waals surface area contributed by atoms with Crippen molar-refractivity contribution in [3.63, 3.8) is 0 Å². The fraction of sp³-hybridized carbons (Fsp3) is 0.923. The summed E-state index contributed by atoms with van der Waals surface area (Å²) in [5.41, 5.74) is 0. The van der Waals surface area contributed by atoms with E-state index in [2.05, 4.69) is 10.3 Å². The number of aliphatic imine (C=N–C) groups is 1. The Morgan fingerprint density at radius 1 is 0.875 bits per heavy atom. The Labute approximate surface area is 104 Å². The average molecular weight is 243 g/mol. The minimum Gasteiger partial charge on any atom is -0.358 e. The summed E-state index contributed by atoms with van der Waals surface area (Å²) in [4.78, 5) is 4.60. The first-order chi connectivity index (χ1) is 7.84. The van der Waals surface area contributed by atoms with E-state index in [-0.39, 0.29) is 0 Å². The van der Waals surface area contributed by atoms with Crippen LogP contribution in [0.4, 0.5) is 0 Å². The third-order valence-corrected chi connectivity index (χ3v) is 4.01. The van der Waals surface area contributed by atoms with Gasteiger partial charge in [-0.3, -0.25) is 4.99 Å². The topological polar surface area (TPSA) is 24.4 Å². The zero-order valence-corrected chi connectivity index (χ0v) is 10.8. The average Bonchev–Trinajstić information content (AvgIpc) is 2.31.